The minimum absolute atomic E-state index is 0.0357. The van der Waals surface area contributed by atoms with Crippen molar-refractivity contribution in [2.75, 3.05) is 0 Å². The Balaban J connectivity index is 0.986. The van der Waals surface area contributed by atoms with Crippen LogP contribution in [0.2, 0.25) is 0 Å². The third-order valence-corrected chi connectivity index (χ3v) is 7.06. The first-order valence-electron chi connectivity index (χ1n) is 12.9. The minimum atomic E-state index is -4.50. The highest BCUT2D eigenvalue weighted by Gasteiger charge is 2.36. The topological polar surface area (TPSA) is 114 Å². The Morgan fingerprint density at radius 3 is 2.61 bits per heavy atom. The molecule has 9 nitrogen and oxygen atoms in total. The summed E-state index contributed by atoms with van der Waals surface area (Å²) in [5.74, 6) is 0.879. The molecule has 4 heterocycles. The Hall–Kier alpha value is -3.83. The first kappa shape index (κ1) is 24.5. The number of carbonyl (C=O) groups excluding carboxylic acids is 1. The number of halogens is 3. The summed E-state index contributed by atoms with van der Waals surface area (Å²) in [5, 5.41) is 20.7. The number of unbranched alkanes of at least 4 members (excludes halogenated alkanes) is 1. The lowest BCUT2D eigenvalue weighted by molar-refractivity contribution is -0.141. The van der Waals surface area contributed by atoms with Crippen LogP contribution in [0.5, 0.6) is 0 Å². The van der Waals surface area contributed by atoms with Crippen LogP contribution >= 0.6 is 0 Å². The molecular formula is C26H27F3N8O. The van der Waals surface area contributed by atoms with Gasteiger partial charge in [0.05, 0.1) is 11.9 Å². The Morgan fingerprint density at radius 1 is 1.08 bits per heavy atom. The molecule has 12 heteroatoms. The number of hydrogen-bond acceptors (Lipinski definition) is 6. The predicted molar refractivity (Wildman–Crippen MR) is 131 cm³/mol. The van der Waals surface area contributed by atoms with Gasteiger partial charge in [0, 0.05) is 30.4 Å². The number of nitrogens with one attached hydrogen (secondary N) is 2. The molecule has 0 spiro atoms. The van der Waals surface area contributed by atoms with Crippen molar-refractivity contribution >= 4 is 16.9 Å². The second-order valence-corrected chi connectivity index (χ2v) is 10.2. The van der Waals surface area contributed by atoms with Crippen LogP contribution in [0.15, 0.2) is 30.6 Å². The van der Waals surface area contributed by atoms with E-state index in [4.69, 9.17) is 0 Å². The average Bonchev–Trinajstić information content (AvgIpc) is 3.84. The molecular weight excluding hydrogens is 497 g/mol. The van der Waals surface area contributed by atoms with Gasteiger partial charge < -0.3 is 10.3 Å². The summed E-state index contributed by atoms with van der Waals surface area (Å²) in [5.41, 5.74) is 4.37. The van der Waals surface area contributed by atoms with Crippen molar-refractivity contribution < 1.29 is 18.0 Å². The molecule has 0 bridgehead atoms. The van der Waals surface area contributed by atoms with E-state index < -0.39 is 17.8 Å². The Labute approximate surface area is 216 Å². The largest absolute Gasteiger partial charge is 0.433 e. The van der Waals surface area contributed by atoms with Gasteiger partial charge in [0.2, 0.25) is 0 Å². The quantitative estimate of drug-likeness (QED) is 0.292. The van der Waals surface area contributed by atoms with E-state index in [0.29, 0.717) is 23.9 Å². The van der Waals surface area contributed by atoms with E-state index in [1.807, 2.05) is 0 Å². The van der Waals surface area contributed by atoms with Gasteiger partial charge in [-0.3, -0.25) is 14.5 Å². The van der Waals surface area contributed by atoms with Gasteiger partial charge in [0.1, 0.15) is 5.69 Å². The maximum absolute atomic E-state index is 12.6. The molecule has 38 heavy (non-hydrogen) atoms. The fourth-order valence-corrected chi connectivity index (χ4v) is 4.76. The van der Waals surface area contributed by atoms with Crippen molar-refractivity contribution in [3.05, 3.63) is 64.5 Å². The lowest BCUT2D eigenvalue weighted by atomic mass is 10.0. The van der Waals surface area contributed by atoms with Gasteiger partial charge in [0.15, 0.2) is 11.3 Å². The molecule has 6 rings (SSSR count). The molecule has 0 unspecified atom stereocenters. The zero-order chi connectivity index (χ0) is 26.3. The summed E-state index contributed by atoms with van der Waals surface area (Å²) in [6.07, 6.45) is 5.72. The second-order valence-electron chi connectivity index (χ2n) is 10.2. The molecule has 2 aliphatic rings. The number of H-pyrrole nitrogens is 1. The highest BCUT2D eigenvalue weighted by molar-refractivity contribution is 5.91. The summed E-state index contributed by atoms with van der Waals surface area (Å²) in [6.45, 7) is 0.635. The lowest BCUT2D eigenvalue weighted by Crippen LogP contribution is -2.23. The van der Waals surface area contributed by atoms with Crippen molar-refractivity contribution in [2.45, 2.75) is 76.0 Å². The third kappa shape index (κ3) is 5.39. The molecule has 198 valence electrons. The Kier molecular flexibility index (Phi) is 6.32. The van der Waals surface area contributed by atoms with Gasteiger partial charge in [-0.2, -0.15) is 18.3 Å². The fraction of sp³-hybridized carbons (Fsp3) is 0.462. The van der Waals surface area contributed by atoms with Gasteiger partial charge >= 0.3 is 6.18 Å². The second kappa shape index (κ2) is 9.80. The van der Waals surface area contributed by atoms with E-state index in [1.54, 1.807) is 10.9 Å². The average molecular weight is 525 g/mol. The molecule has 0 atom stereocenters. The van der Waals surface area contributed by atoms with E-state index in [2.05, 4.69) is 41.9 Å². The number of fused-ring (bicyclic) bond motifs is 1. The van der Waals surface area contributed by atoms with Crippen molar-refractivity contribution in [2.24, 2.45) is 0 Å². The number of pyridine rings is 1. The smallest absolute Gasteiger partial charge is 0.346 e. The number of aryl methyl sites for hydroxylation is 2. The fourth-order valence-electron chi connectivity index (χ4n) is 4.76. The molecule has 0 saturated heterocycles. The number of carbonyl (C=O) groups is 1. The van der Waals surface area contributed by atoms with Crippen molar-refractivity contribution in [3.63, 3.8) is 0 Å². The number of hydrogen-bond donors (Lipinski definition) is 2. The van der Waals surface area contributed by atoms with Gasteiger partial charge in [-0.25, -0.2) is 0 Å². The van der Waals surface area contributed by atoms with Crippen molar-refractivity contribution in [3.8, 4) is 0 Å². The summed E-state index contributed by atoms with van der Waals surface area (Å²) in [7, 11) is 0. The number of aromatic amines is 1. The number of amides is 1. The van der Waals surface area contributed by atoms with E-state index in [1.165, 1.54) is 48.4 Å². The number of rotatable bonds is 10. The van der Waals surface area contributed by atoms with Crippen LogP contribution in [-0.2, 0) is 25.7 Å². The highest BCUT2D eigenvalue weighted by Crippen LogP contribution is 2.51. The standard InChI is InChI=1S/C26H27F3N8O/c27-26(28,29)21-9-4-15(12-30-21)13-31-25(38)20-14-37(36-34-20)10-2-1-3-18-11-19-22(16-5-6-16)23(17-7-8-17)32-24(19)35-33-18/h4,9,11-12,14,16-17H,1-3,5-8,10,13H2,(H,31,38)(H,32,35). The van der Waals surface area contributed by atoms with Gasteiger partial charge in [-0.05, 0) is 80.0 Å². The third-order valence-electron chi connectivity index (χ3n) is 7.06. The van der Waals surface area contributed by atoms with E-state index in [9.17, 15) is 18.0 Å². The summed E-state index contributed by atoms with van der Waals surface area (Å²) in [4.78, 5) is 19.3. The van der Waals surface area contributed by atoms with Crippen LogP contribution in [0, 0.1) is 0 Å². The molecule has 2 N–H and O–H groups in total. The molecule has 0 radical (unpaired) electrons. The van der Waals surface area contributed by atoms with Crippen LogP contribution < -0.4 is 5.32 Å². The van der Waals surface area contributed by atoms with E-state index in [-0.39, 0.29) is 12.2 Å². The monoisotopic (exact) mass is 524 g/mol. The van der Waals surface area contributed by atoms with Crippen molar-refractivity contribution in [1.29, 1.82) is 0 Å². The van der Waals surface area contributed by atoms with E-state index >= 15 is 0 Å². The molecule has 4 aromatic rings. The van der Waals surface area contributed by atoms with Crippen LogP contribution in [0.4, 0.5) is 13.2 Å². The van der Waals surface area contributed by atoms with Gasteiger partial charge in [-0.1, -0.05) is 11.3 Å². The summed E-state index contributed by atoms with van der Waals surface area (Å²) in [6, 6.07) is 4.36. The number of aromatic nitrogens is 7. The SMILES string of the molecule is O=C(NCc1ccc(C(F)(F)F)nc1)c1cn(CCCCc2cc3c(C4CC4)c(C4CC4)[nH]c3nn2)nn1. The number of nitrogens with zero attached hydrogens (tertiary/aromatic N) is 6. The van der Waals surface area contributed by atoms with Crippen LogP contribution in [0.3, 0.4) is 0 Å². The molecule has 0 aliphatic heterocycles. The summed E-state index contributed by atoms with van der Waals surface area (Å²) >= 11 is 0. The first-order valence-corrected chi connectivity index (χ1v) is 12.9. The minimum Gasteiger partial charge on any atom is -0.346 e. The molecule has 0 aromatic carbocycles. The maximum Gasteiger partial charge on any atom is 0.433 e. The zero-order valence-corrected chi connectivity index (χ0v) is 20.6. The van der Waals surface area contributed by atoms with Crippen molar-refractivity contribution in [1.82, 2.24) is 40.5 Å². The van der Waals surface area contributed by atoms with Crippen LogP contribution in [0.25, 0.3) is 11.0 Å². The molecule has 2 fully saturated rings. The van der Waals surface area contributed by atoms with Crippen LogP contribution in [0.1, 0.15) is 89.1 Å². The van der Waals surface area contributed by atoms with Crippen LogP contribution in [-0.4, -0.2) is 41.1 Å². The Morgan fingerprint density at radius 2 is 1.89 bits per heavy atom. The highest BCUT2D eigenvalue weighted by atomic mass is 19.4. The molecule has 2 saturated carbocycles. The Bertz CT molecular complexity index is 1450. The van der Waals surface area contributed by atoms with Gasteiger partial charge in [-0.15, -0.1) is 10.2 Å². The number of alkyl halides is 3. The molecule has 1 amide bonds. The van der Waals surface area contributed by atoms with E-state index in [0.717, 1.165) is 42.9 Å². The summed E-state index contributed by atoms with van der Waals surface area (Å²) < 4.78 is 39.5. The first-order chi connectivity index (χ1) is 18.3. The normalized spacial score (nSPS) is 15.8. The van der Waals surface area contributed by atoms with Gasteiger partial charge in [0.25, 0.3) is 5.91 Å². The lowest BCUT2D eigenvalue weighted by Gasteiger charge is -2.07. The predicted octanol–water partition coefficient (Wildman–Crippen LogP) is 4.67. The zero-order valence-electron chi connectivity index (χ0n) is 20.6. The maximum atomic E-state index is 12.6. The molecule has 4 aromatic heterocycles. The molecule has 2 aliphatic carbocycles.